The summed E-state index contributed by atoms with van der Waals surface area (Å²) < 4.78 is 7.35. The molecule has 0 aliphatic heterocycles. The molecule has 0 radical (unpaired) electrons. The Balaban J connectivity index is 2.81. The van der Waals surface area contributed by atoms with E-state index in [1.54, 1.807) is 0 Å². The van der Waals surface area contributed by atoms with Crippen molar-refractivity contribution in [3.05, 3.63) is 34.3 Å². The van der Waals surface area contributed by atoms with E-state index in [0.717, 1.165) is 15.8 Å². The quantitative estimate of drug-likeness (QED) is 0.745. The number of methoxy groups -OCH3 is 1. The molecule has 15 heavy (non-hydrogen) atoms. The Bertz CT molecular complexity index is 533. The number of esters is 1. The molecule has 2 rings (SSSR count). The van der Waals surface area contributed by atoms with Crippen molar-refractivity contribution in [3.63, 3.8) is 0 Å². The van der Waals surface area contributed by atoms with E-state index in [2.05, 4.69) is 25.7 Å². The van der Waals surface area contributed by atoms with Crippen LogP contribution in [0.5, 0.6) is 0 Å². The second kappa shape index (κ2) is 3.66. The van der Waals surface area contributed by atoms with E-state index in [0.29, 0.717) is 5.69 Å². The summed E-state index contributed by atoms with van der Waals surface area (Å²) >= 11 is 3.39. The lowest BCUT2D eigenvalue weighted by Gasteiger charge is -1.99. The van der Waals surface area contributed by atoms with Gasteiger partial charge in [-0.15, -0.1) is 0 Å². The van der Waals surface area contributed by atoms with E-state index in [9.17, 15) is 4.79 Å². The van der Waals surface area contributed by atoms with E-state index < -0.39 is 5.97 Å². The van der Waals surface area contributed by atoms with E-state index >= 15 is 0 Å². The van der Waals surface area contributed by atoms with Crippen LogP contribution in [0.25, 0.3) is 5.52 Å². The molecule has 0 aliphatic rings. The highest BCUT2D eigenvalue weighted by molar-refractivity contribution is 9.10. The van der Waals surface area contributed by atoms with E-state index in [1.165, 1.54) is 7.11 Å². The van der Waals surface area contributed by atoms with Crippen molar-refractivity contribution in [1.82, 2.24) is 9.38 Å². The van der Waals surface area contributed by atoms with Crippen molar-refractivity contribution < 1.29 is 9.53 Å². The van der Waals surface area contributed by atoms with Crippen molar-refractivity contribution >= 4 is 27.4 Å². The molecular formula is C10H9BrN2O2. The Morgan fingerprint density at radius 2 is 2.33 bits per heavy atom. The molecule has 0 saturated heterocycles. The van der Waals surface area contributed by atoms with Crippen molar-refractivity contribution in [2.24, 2.45) is 0 Å². The lowest BCUT2D eigenvalue weighted by atomic mass is 10.3. The molecule has 0 amide bonds. The SMILES string of the molecule is COC(=O)c1nc(C)n2cccc(Br)c12. The summed E-state index contributed by atoms with van der Waals surface area (Å²) in [5.74, 6) is 0.333. The Labute approximate surface area is 95.0 Å². The number of nitrogens with zero attached hydrogens (tertiary/aromatic N) is 2. The molecular weight excluding hydrogens is 260 g/mol. The Kier molecular flexibility index (Phi) is 2.48. The van der Waals surface area contributed by atoms with E-state index in [4.69, 9.17) is 0 Å². The minimum absolute atomic E-state index is 0.336. The Hall–Kier alpha value is -1.36. The standard InChI is InChI=1S/C10H9BrN2O2/c1-6-12-8(10(14)15-2)9-7(11)4-3-5-13(6)9/h3-5H,1-2H3. The van der Waals surface area contributed by atoms with Gasteiger partial charge in [0, 0.05) is 10.7 Å². The zero-order valence-electron chi connectivity index (χ0n) is 8.32. The molecule has 78 valence electrons. The monoisotopic (exact) mass is 268 g/mol. The summed E-state index contributed by atoms with van der Waals surface area (Å²) in [5.41, 5.74) is 1.07. The number of rotatable bonds is 1. The average molecular weight is 269 g/mol. The number of pyridine rings is 1. The van der Waals surface area contributed by atoms with Gasteiger partial charge in [-0.3, -0.25) is 0 Å². The third kappa shape index (κ3) is 1.52. The molecule has 0 atom stereocenters. The first-order chi connectivity index (χ1) is 7.15. The summed E-state index contributed by atoms with van der Waals surface area (Å²) in [6, 6.07) is 3.75. The first-order valence-corrected chi connectivity index (χ1v) is 5.16. The summed E-state index contributed by atoms with van der Waals surface area (Å²) in [6.07, 6.45) is 1.86. The number of carbonyl (C=O) groups excluding carboxylic acids is 1. The highest BCUT2D eigenvalue weighted by atomic mass is 79.9. The number of aryl methyl sites for hydroxylation is 1. The maximum atomic E-state index is 11.5. The first-order valence-electron chi connectivity index (χ1n) is 4.36. The number of fused-ring (bicyclic) bond motifs is 1. The fourth-order valence-corrected chi connectivity index (χ4v) is 2.02. The van der Waals surface area contributed by atoms with E-state index in [1.807, 2.05) is 29.7 Å². The Morgan fingerprint density at radius 1 is 1.60 bits per heavy atom. The van der Waals surface area contributed by atoms with Gasteiger partial charge in [-0.05, 0) is 35.0 Å². The largest absolute Gasteiger partial charge is 0.464 e. The smallest absolute Gasteiger partial charge is 0.358 e. The molecule has 0 spiro atoms. The molecule has 4 nitrogen and oxygen atoms in total. The predicted molar refractivity (Wildman–Crippen MR) is 59.0 cm³/mol. The third-order valence-electron chi connectivity index (χ3n) is 2.17. The van der Waals surface area contributed by atoms with Gasteiger partial charge >= 0.3 is 5.97 Å². The molecule has 0 bridgehead atoms. The van der Waals surface area contributed by atoms with Gasteiger partial charge in [-0.1, -0.05) is 0 Å². The van der Waals surface area contributed by atoms with Crippen LogP contribution in [-0.4, -0.2) is 22.5 Å². The van der Waals surface area contributed by atoms with Crippen LogP contribution in [0.2, 0.25) is 0 Å². The third-order valence-corrected chi connectivity index (χ3v) is 2.81. The molecule has 0 saturated carbocycles. The van der Waals surface area contributed by atoms with Gasteiger partial charge in [0.15, 0.2) is 5.69 Å². The molecule has 0 aromatic carbocycles. The zero-order valence-corrected chi connectivity index (χ0v) is 9.91. The minimum atomic E-state index is -0.424. The van der Waals surface area contributed by atoms with Gasteiger partial charge in [0.25, 0.3) is 0 Å². The van der Waals surface area contributed by atoms with Crippen LogP contribution in [0, 0.1) is 6.92 Å². The van der Waals surface area contributed by atoms with Crippen LogP contribution in [0.15, 0.2) is 22.8 Å². The maximum Gasteiger partial charge on any atom is 0.358 e. The van der Waals surface area contributed by atoms with Crippen LogP contribution >= 0.6 is 15.9 Å². The molecule has 5 heteroatoms. The number of hydrogen-bond acceptors (Lipinski definition) is 3. The molecule has 0 aliphatic carbocycles. The van der Waals surface area contributed by atoms with Crippen molar-refractivity contribution in [3.8, 4) is 0 Å². The van der Waals surface area contributed by atoms with Gasteiger partial charge < -0.3 is 9.14 Å². The topological polar surface area (TPSA) is 43.6 Å². The highest BCUT2D eigenvalue weighted by Crippen LogP contribution is 2.22. The molecule has 2 heterocycles. The summed E-state index contributed by atoms with van der Waals surface area (Å²) in [4.78, 5) is 15.7. The number of aromatic nitrogens is 2. The highest BCUT2D eigenvalue weighted by Gasteiger charge is 2.17. The Morgan fingerprint density at radius 3 is 3.00 bits per heavy atom. The normalized spacial score (nSPS) is 10.6. The number of imidazole rings is 1. The number of ether oxygens (including phenoxy) is 1. The lowest BCUT2D eigenvalue weighted by Crippen LogP contribution is -2.02. The van der Waals surface area contributed by atoms with Gasteiger partial charge in [0.05, 0.1) is 12.6 Å². The number of halogens is 1. The summed E-state index contributed by atoms with van der Waals surface area (Å²) in [7, 11) is 1.35. The predicted octanol–water partition coefficient (Wildman–Crippen LogP) is 2.19. The summed E-state index contributed by atoms with van der Waals surface area (Å²) in [5, 5.41) is 0. The van der Waals surface area contributed by atoms with Gasteiger partial charge in [-0.2, -0.15) is 0 Å². The molecule has 0 fully saturated rings. The van der Waals surface area contributed by atoms with Crippen LogP contribution < -0.4 is 0 Å². The first kappa shape index (κ1) is 10.2. The van der Waals surface area contributed by atoms with Crippen LogP contribution in [-0.2, 0) is 4.74 Å². The van der Waals surface area contributed by atoms with Crippen LogP contribution in [0.1, 0.15) is 16.3 Å². The fraction of sp³-hybridized carbons (Fsp3) is 0.200. The molecule has 2 aromatic rings. The molecule has 2 aromatic heterocycles. The van der Waals surface area contributed by atoms with Gasteiger partial charge in [0.2, 0.25) is 0 Å². The lowest BCUT2D eigenvalue weighted by molar-refractivity contribution is 0.0597. The van der Waals surface area contributed by atoms with Crippen molar-refractivity contribution in [1.29, 1.82) is 0 Å². The summed E-state index contributed by atoms with van der Waals surface area (Å²) in [6.45, 7) is 1.84. The fourth-order valence-electron chi connectivity index (χ4n) is 1.49. The van der Waals surface area contributed by atoms with E-state index in [-0.39, 0.29) is 0 Å². The van der Waals surface area contributed by atoms with Crippen molar-refractivity contribution in [2.75, 3.05) is 7.11 Å². The van der Waals surface area contributed by atoms with Crippen LogP contribution in [0.3, 0.4) is 0 Å². The zero-order chi connectivity index (χ0) is 11.0. The molecule has 0 unspecified atom stereocenters. The van der Waals surface area contributed by atoms with Gasteiger partial charge in [0.1, 0.15) is 5.82 Å². The average Bonchev–Trinajstić information content (AvgIpc) is 2.57. The second-order valence-corrected chi connectivity index (χ2v) is 3.93. The minimum Gasteiger partial charge on any atom is -0.464 e. The van der Waals surface area contributed by atoms with Gasteiger partial charge in [-0.25, -0.2) is 9.78 Å². The number of hydrogen-bond donors (Lipinski definition) is 0. The maximum absolute atomic E-state index is 11.5. The second-order valence-electron chi connectivity index (χ2n) is 3.07. The van der Waals surface area contributed by atoms with Crippen LogP contribution in [0.4, 0.5) is 0 Å². The molecule has 0 N–H and O–H groups in total. The van der Waals surface area contributed by atoms with Crippen molar-refractivity contribution in [2.45, 2.75) is 6.92 Å². The number of carbonyl (C=O) groups is 1.